The molecule has 1 fully saturated rings. The lowest BCUT2D eigenvalue weighted by Gasteiger charge is -2.36. The number of aliphatic imine (C=N–C) groups is 1. The minimum absolute atomic E-state index is 0.0594. The standard InChI is InChI=1S/C21H26ClN5O/c22-18-7-9-19(10-8-18)26-13-15-27(16-14-26)21(23)25-12-4-11-24-20(28)17-5-2-1-3-6-17/h1-3,5-10H,4,11-16H2,(H2,23,25)(H,24,28). The van der Waals surface area contributed by atoms with Crippen molar-refractivity contribution in [2.24, 2.45) is 10.7 Å². The number of halogens is 1. The molecular formula is C21H26ClN5O. The number of hydrogen-bond donors (Lipinski definition) is 2. The van der Waals surface area contributed by atoms with Crippen molar-refractivity contribution < 1.29 is 4.79 Å². The molecule has 3 rings (SSSR count). The number of amides is 1. The summed E-state index contributed by atoms with van der Waals surface area (Å²) in [5, 5.41) is 3.65. The number of carbonyl (C=O) groups is 1. The van der Waals surface area contributed by atoms with Crippen LogP contribution < -0.4 is 16.0 Å². The SMILES string of the molecule is NC(=NCCCNC(=O)c1ccccc1)N1CCN(c2ccc(Cl)cc2)CC1. The maximum absolute atomic E-state index is 12.0. The Labute approximate surface area is 171 Å². The molecule has 1 aliphatic heterocycles. The molecule has 0 atom stereocenters. The van der Waals surface area contributed by atoms with Crippen LogP contribution in [0.5, 0.6) is 0 Å². The van der Waals surface area contributed by atoms with Gasteiger partial charge in [0.15, 0.2) is 5.96 Å². The highest BCUT2D eigenvalue weighted by atomic mass is 35.5. The fourth-order valence-corrected chi connectivity index (χ4v) is 3.24. The highest BCUT2D eigenvalue weighted by molar-refractivity contribution is 6.30. The van der Waals surface area contributed by atoms with E-state index in [1.54, 1.807) is 12.1 Å². The number of hydrogen-bond acceptors (Lipinski definition) is 3. The molecule has 0 saturated carbocycles. The van der Waals surface area contributed by atoms with Gasteiger partial charge < -0.3 is 20.9 Å². The highest BCUT2D eigenvalue weighted by Gasteiger charge is 2.18. The molecule has 1 aliphatic rings. The zero-order chi connectivity index (χ0) is 19.8. The van der Waals surface area contributed by atoms with Crippen LogP contribution in [0.25, 0.3) is 0 Å². The van der Waals surface area contributed by atoms with Gasteiger partial charge in [-0.3, -0.25) is 9.79 Å². The van der Waals surface area contributed by atoms with Crippen molar-refractivity contribution in [2.45, 2.75) is 6.42 Å². The number of guanidine groups is 1. The molecule has 0 unspecified atom stereocenters. The van der Waals surface area contributed by atoms with E-state index in [0.717, 1.165) is 37.6 Å². The Balaban J connectivity index is 1.36. The molecule has 6 nitrogen and oxygen atoms in total. The first-order valence-corrected chi connectivity index (χ1v) is 9.90. The van der Waals surface area contributed by atoms with Crippen molar-refractivity contribution in [1.29, 1.82) is 0 Å². The fourth-order valence-electron chi connectivity index (χ4n) is 3.11. The van der Waals surface area contributed by atoms with E-state index in [9.17, 15) is 4.79 Å². The molecule has 7 heteroatoms. The van der Waals surface area contributed by atoms with Crippen molar-refractivity contribution in [3.05, 3.63) is 65.2 Å². The molecule has 2 aromatic rings. The van der Waals surface area contributed by atoms with E-state index >= 15 is 0 Å². The number of carbonyl (C=O) groups excluding carboxylic acids is 1. The monoisotopic (exact) mass is 399 g/mol. The third-order valence-corrected chi connectivity index (χ3v) is 4.98. The van der Waals surface area contributed by atoms with Crippen LogP contribution in [-0.4, -0.2) is 56.0 Å². The second-order valence-corrected chi connectivity index (χ2v) is 7.10. The van der Waals surface area contributed by atoms with Gasteiger partial charge in [0.25, 0.3) is 5.91 Å². The number of rotatable bonds is 6. The predicted octanol–water partition coefficient (Wildman–Crippen LogP) is 2.60. The van der Waals surface area contributed by atoms with Gasteiger partial charge in [0.05, 0.1) is 0 Å². The Bertz CT molecular complexity index is 786. The first-order chi connectivity index (χ1) is 13.6. The van der Waals surface area contributed by atoms with Gasteiger partial charge in [0, 0.05) is 55.5 Å². The summed E-state index contributed by atoms with van der Waals surface area (Å²) in [5.41, 5.74) is 7.98. The van der Waals surface area contributed by atoms with Crippen LogP contribution in [-0.2, 0) is 0 Å². The van der Waals surface area contributed by atoms with Gasteiger partial charge in [-0.2, -0.15) is 0 Å². The average molecular weight is 400 g/mol. The number of benzene rings is 2. The van der Waals surface area contributed by atoms with E-state index in [4.69, 9.17) is 17.3 Å². The van der Waals surface area contributed by atoms with Gasteiger partial charge in [-0.15, -0.1) is 0 Å². The van der Waals surface area contributed by atoms with E-state index in [1.807, 2.05) is 42.5 Å². The van der Waals surface area contributed by atoms with Crippen LogP contribution in [0.15, 0.2) is 59.6 Å². The number of nitrogens with zero attached hydrogens (tertiary/aromatic N) is 3. The van der Waals surface area contributed by atoms with E-state index in [2.05, 4.69) is 20.1 Å². The molecule has 148 valence electrons. The molecule has 0 radical (unpaired) electrons. The Hall–Kier alpha value is -2.73. The summed E-state index contributed by atoms with van der Waals surface area (Å²) in [4.78, 5) is 20.8. The first kappa shape index (κ1) is 20.0. The predicted molar refractivity (Wildman–Crippen MR) is 115 cm³/mol. The summed E-state index contributed by atoms with van der Waals surface area (Å²) in [6.07, 6.45) is 0.754. The second kappa shape index (κ2) is 9.99. The van der Waals surface area contributed by atoms with Crippen molar-refractivity contribution in [2.75, 3.05) is 44.2 Å². The molecule has 1 saturated heterocycles. The summed E-state index contributed by atoms with van der Waals surface area (Å²) in [5.74, 6) is 0.515. The Kier molecular flexibility index (Phi) is 7.14. The molecule has 28 heavy (non-hydrogen) atoms. The molecular weight excluding hydrogens is 374 g/mol. The summed E-state index contributed by atoms with van der Waals surface area (Å²) < 4.78 is 0. The molecule has 1 heterocycles. The summed E-state index contributed by atoms with van der Waals surface area (Å²) >= 11 is 5.95. The van der Waals surface area contributed by atoms with E-state index in [1.165, 1.54) is 5.69 Å². The molecule has 3 N–H and O–H groups in total. The molecule has 0 aliphatic carbocycles. The second-order valence-electron chi connectivity index (χ2n) is 6.67. The summed E-state index contributed by atoms with van der Waals surface area (Å²) in [6.45, 7) is 4.63. The Morgan fingerprint density at radius 1 is 1.04 bits per heavy atom. The third-order valence-electron chi connectivity index (χ3n) is 4.73. The van der Waals surface area contributed by atoms with Crippen LogP contribution in [0.2, 0.25) is 5.02 Å². The fraction of sp³-hybridized carbons (Fsp3) is 0.333. The molecule has 2 aromatic carbocycles. The van der Waals surface area contributed by atoms with Gasteiger partial charge in [-0.25, -0.2) is 0 Å². The van der Waals surface area contributed by atoms with Gasteiger partial charge in [0.1, 0.15) is 0 Å². The van der Waals surface area contributed by atoms with Gasteiger partial charge >= 0.3 is 0 Å². The van der Waals surface area contributed by atoms with Crippen molar-refractivity contribution in [3.63, 3.8) is 0 Å². The van der Waals surface area contributed by atoms with E-state index in [0.29, 0.717) is 24.6 Å². The van der Waals surface area contributed by atoms with Gasteiger partial charge in [0.2, 0.25) is 0 Å². The topological polar surface area (TPSA) is 74.0 Å². The molecule has 0 aromatic heterocycles. The Morgan fingerprint density at radius 2 is 1.71 bits per heavy atom. The van der Waals surface area contributed by atoms with Crippen LogP contribution in [0, 0.1) is 0 Å². The maximum Gasteiger partial charge on any atom is 0.251 e. The van der Waals surface area contributed by atoms with E-state index < -0.39 is 0 Å². The average Bonchev–Trinajstić information content (AvgIpc) is 2.74. The minimum atomic E-state index is -0.0594. The van der Waals surface area contributed by atoms with Crippen molar-refractivity contribution >= 4 is 29.2 Å². The van der Waals surface area contributed by atoms with E-state index in [-0.39, 0.29) is 5.91 Å². The van der Waals surface area contributed by atoms with Gasteiger partial charge in [-0.1, -0.05) is 29.8 Å². The van der Waals surface area contributed by atoms with Gasteiger partial charge in [-0.05, 0) is 42.8 Å². The van der Waals surface area contributed by atoms with Crippen molar-refractivity contribution in [3.8, 4) is 0 Å². The minimum Gasteiger partial charge on any atom is -0.370 e. The quantitative estimate of drug-likeness (QED) is 0.445. The number of piperazine rings is 1. The maximum atomic E-state index is 12.0. The summed E-state index contributed by atoms with van der Waals surface area (Å²) in [7, 11) is 0. The molecule has 0 spiro atoms. The number of anilines is 1. The molecule has 0 bridgehead atoms. The van der Waals surface area contributed by atoms with Crippen LogP contribution >= 0.6 is 11.6 Å². The smallest absolute Gasteiger partial charge is 0.251 e. The summed E-state index contributed by atoms with van der Waals surface area (Å²) in [6, 6.07) is 17.1. The molecule has 1 amide bonds. The highest BCUT2D eigenvalue weighted by Crippen LogP contribution is 2.19. The Morgan fingerprint density at radius 3 is 2.39 bits per heavy atom. The zero-order valence-electron chi connectivity index (χ0n) is 15.9. The lowest BCUT2D eigenvalue weighted by molar-refractivity contribution is 0.0953. The third kappa shape index (κ3) is 5.63. The zero-order valence-corrected chi connectivity index (χ0v) is 16.6. The number of nitrogens with one attached hydrogen (secondary N) is 1. The van der Waals surface area contributed by atoms with Crippen LogP contribution in [0.4, 0.5) is 5.69 Å². The van der Waals surface area contributed by atoms with Crippen LogP contribution in [0.3, 0.4) is 0 Å². The normalized spacial score (nSPS) is 14.8. The largest absolute Gasteiger partial charge is 0.370 e. The lowest BCUT2D eigenvalue weighted by Crippen LogP contribution is -2.51. The van der Waals surface area contributed by atoms with Crippen molar-refractivity contribution in [1.82, 2.24) is 10.2 Å². The first-order valence-electron chi connectivity index (χ1n) is 9.52. The lowest BCUT2D eigenvalue weighted by atomic mass is 10.2. The number of nitrogens with two attached hydrogens (primary N) is 1. The van der Waals surface area contributed by atoms with Crippen LogP contribution in [0.1, 0.15) is 16.8 Å².